The Balaban J connectivity index is 1.33. The van der Waals surface area contributed by atoms with Gasteiger partial charge in [0, 0.05) is 42.5 Å². The number of aromatic nitrogens is 2. The predicted octanol–water partition coefficient (Wildman–Crippen LogP) is 4.25. The van der Waals surface area contributed by atoms with Crippen LogP contribution < -0.4 is 15.5 Å². The Morgan fingerprint density at radius 1 is 1.16 bits per heavy atom. The number of carbonyl (C=O) groups is 2. The van der Waals surface area contributed by atoms with Crippen LogP contribution in [-0.2, 0) is 4.79 Å². The molecule has 1 aromatic heterocycles. The lowest BCUT2D eigenvalue weighted by Gasteiger charge is -2.19. The number of hydrogen-bond acceptors (Lipinski definition) is 4. The maximum absolute atomic E-state index is 12.8. The fraction of sp³-hybridized carbons (Fsp3) is 0.348. The van der Waals surface area contributed by atoms with E-state index in [0.29, 0.717) is 16.6 Å². The molecule has 1 aliphatic heterocycles. The van der Waals surface area contributed by atoms with Crippen LogP contribution in [0, 0.1) is 0 Å². The fourth-order valence-corrected chi connectivity index (χ4v) is 3.88. The first-order valence-corrected chi connectivity index (χ1v) is 10.6. The van der Waals surface area contributed by atoms with Crippen LogP contribution in [0.15, 0.2) is 42.5 Å². The van der Waals surface area contributed by atoms with Crippen molar-refractivity contribution in [2.45, 2.75) is 38.7 Å². The molecule has 0 bridgehead atoms. The first kappa shape index (κ1) is 21.7. The Hall–Kier alpha value is -3.49. The molecule has 2 amide bonds. The van der Waals surface area contributed by atoms with Gasteiger partial charge in [-0.1, -0.05) is 6.07 Å². The Kier molecular flexibility index (Phi) is 6.34. The number of benzene rings is 2. The SMILES string of the molecule is CC(CC(=O)Nc1cccc(N2CCCC2)c1)NC(=O)c1ccc2nc(C(F)F)[nH]c2c1. The summed E-state index contributed by atoms with van der Waals surface area (Å²) in [6.07, 6.45) is -0.265. The number of nitrogens with one attached hydrogen (secondary N) is 3. The van der Waals surface area contributed by atoms with Crippen molar-refractivity contribution in [3.8, 4) is 0 Å². The molecule has 1 saturated heterocycles. The van der Waals surface area contributed by atoms with E-state index in [1.807, 2.05) is 24.3 Å². The molecule has 0 radical (unpaired) electrons. The van der Waals surface area contributed by atoms with E-state index in [0.717, 1.165) is 24.5 Å². The molecule has 168 valence electrons. The highest BCUT2D eigenvalue weighted by Crippen LogP contribution is 2.24. The van der Waals surface area contributed by atoms with Gasteiger partial charge in [-0.3, -0.25) is 9.59 Å². The summed E-state index contributed by atoms with van der Waals surface area (Å²) >= 11 is 0. The van der Waals surface area contributed by atoms with Gasteiger partial charge in [-0.25, -0.2) is 13.8 Å². The fourth-order valence-electron chi connectivity index (χ4n) is 3.88. The summed E-state index contributed by atoms with van der Waals surface area (Å²) < 4.78 is 25.6. The molecule has 1 fully saturated rings. The highest BCUT2D eigenvalue weighted by molar-refractivity contribution is 5.98. The van der Waals surface area contributed by atoms with Crippen molar-refractivity contribution in [1.29, 1.82) is 0 Å². The van der Waals surface area contributed by atoms with Crippen molar-refractivity contribution in [3.05, 3.63) is 53.9 Å². The first-order chi connectivity index (χ1) is 15.4. The number of aromatic amines is 1. The number of fused-ring (bicyclic) bond motifs is 1. The Bertz CT molecular complexity index is 1120. The molecule has 0 spiro atoms. The average Bonchev–Trinajstić information content (AvgIpc) is 3.43. The third-order valence-corrected chi connectivity index (χ3v) is 5.44. The zero-order chi connectivity index (χ0) is 22.7. The van der Waals surface area contributed by atoms with E-state index < -0.39 is 24.2 Å². The van der Waals surface area contributed by atoms with Gasteiger partial charge in [-0.05, 0) is 56.2 Å². The molecule has 3 aromatic rings. The topological polar surface area (TPSA) is 90.1 Å². The Morgan fingerprint density at radius 2 is 1.94 bits per heavy atom. The van der Waals surface area contributed by atoms with E-state index in [1.54, 1.807) is 6.92 Å². The summed E-state index contributed by atoms with van der Waals surface area (Å²) in [5.41, 5.74) is 2.83. The zero-order valence-corrected chi connectivity index (χ0v) is 17.7. The van der Waals surface area contributed by atoms with Crippen LogP contribution in [-0.4, -0.2) is 40.9 Å². The van der Waals surface area contributed by atoms with Gasteiger partial charge in [0.2, 0.25) is 5.91 Å². The minimum atomic E-state index is -2.71. The van der Waals surface area contributed by atoms with Crippen molar-refractivity contribution in [2.75, 3.05) is 23.3 Å². The molecule has 0 aliphatic carbocycles. The highest BCUT2D eigenvalue weighted by atomic mass is 19.3. The van der Waals surface area contributed by atoms with Gasteiger partial charge in [0.1, 0.15) is 0 Å². The number of imidazole rings is 1. The highest BCUT2D eigenvalue weighted by Gasteiger charge is 2.17. The maximum atomic E-state index is 12.8. The second-order valence-electron chi connectivity index (χ2n) is 8.03. The van der Waals surface area contributed by atoms with Crippen molar-refractivity contribution in [2.24, 2.45) is 0 Å². The summed E-state index contributed by atoms with van der Waals surface area (Å²) in [6, 6.07) is 11.8. The lowest BCUT2D eigenvalue weighted by Crippen LogP contribution is -2.35. The third kappa shape index (κ3) is 5.04. The van der Waals surface area contributed by atoms with Gasteiger partial charge in [0.15, 0.2) is 5.82 Å². The number of amides is 2. The summed E-state index contributed by atoms with van der Waals surface area (Å²) in [5.74, 6) is -1.03. The van der Waals surface area contributed by atoms with Crippen LogP contribution in [0.4, 0.5) is 20.2 Å². The minimum Gasteiger partial charge on any atom is -0.371 e. The number of H-pyrrole nitrogens is 1. The molecule has 1 unspecified atom stereocenters. The van der Waals surface area contributed by atoms with Gasteiger partial charge in [0.05, 0.1) is 11.0 Å². The smallest absolute Gasteiger partial charge is 0.295 e. The van der Waals surface area contributed by atoms with Crippen molar-refractivity contribution >= 4 is 34.2 Å². The molecule has 32 heavy (non-hydrogen) atoms. The Morgan fingerprint density at radius 3 is 2.69 bits per heavy atom. The summed E-state index contributed by atoms with van der Waals surface area (Å²) in [7, 11) is 0. The number of carbonyl (C=O) groups excluding carboxylic acids is 2. The molecule has 3 N–H and O–H groups in total. The molecular weight excluding hydrogens is 416 g/mol. The molecule has 2 aromatic carbocycles. The summed E-state index contributed by atoms with van der Waals surface area (Å²) in [4.78, 5) is 33.6. The van der Waals surface area contributed by atoms with Crippen LogP contribution in [0.1, 0.15) is 48.8 Å². The largest absolute Gasteiger partial charge is 0.371 e. The molecule has 2 heterocycles. The monoisotopic (exact) mass is 441 g/mol. The molecule has 4 rings (SSSR count). The lowest BCUT2D eigenvalue weighted by molar-refractivity contribution is -0.116. The number of nitrogens with zero attached hydrogens (tertiary/aromatic N) is 2. The quantitative estimate of drug-likeness (QED) is 0.511. The van der Waals surface area contributed by atoms with E-state index in [1.165, 1.54) is 31.0 Å². The second kappa shape index (κ2) is 9.33. The molecule has 0 saturated carbocycles. The zero-order valence-electron chi connectivity index (χ0n) is 17.7. The van der Waals surface area contributed by atoms with E-state index in [-0.39, 0.29) is 12.3 Å². The molecule has 7 nitrogen and oxygen atoms in total. The van der Waals surface area contributed by atoms with Gasteiger partial charge in [0.25, 0.3) is 12.3 Å². The molecule has 9 heteroatoms. The van der Waals surface area contributed by atoms with Crippen molar-refractivity contribution in [3.63, 3.8) is 0 Å². The minimum absolute atomic E-state index is 0.0987. The molecule has 1 aliphatic rings. The number of alkyl halides is 2. The van der Waals surface area contributed by atoms with Gasteiger partial charge in [-0.15, -0.1) is 0 Å². The van der Waals surface area contributed by atoms with Crippen molar-refractivity contribution in [1.82, 2.24) is 15.3 Å². The number of hydrogen-bond donors (Lipinski definition) is 3. The Labute approximate surface area is 184 Å². The number of anilines is 2. The van der Waals surface area contributed by atoms with Gasteiger partial charge >= 0.3 is 0 Å². The standard InChI is InChI=1S/C23H25F2N5O2/c1-14(11-20(31)27-16-5-4-6-17(13-16)30-9-2-3-10-30)26-23(32)15-7-8-18-19(12-15)29-22(28-18)21(24)25/h4-8,12-14,21H,2-3,9-11H2,1H3,(H,26,32)(H,27,31)(H,28,29). The predicted molar refractivity (Wildman–Crippen MR) is 119 cm³/mol. The summed E-state index contributed by atoms with van der Waals surface area (Å²) in [6.45, 7) is 3.78. The normalized spacial score (nSPS) is 14.7. The van der Waals surface area contributed by atoms with Crippen LogP contribution in [0.25, 0.3) is 11.0 Å². The maximum Gasteiger partial charge on any atom is 0.295 e. The third-order valence-electron chi connectivity index (χ3n) is 5.44. The lowest BCUT2D eigenvalue weighted by atomic mass is 10.1. The summed E-state index contributed by atoms with van der Waals surface area (Å²) in [5, 5.41) is 5.66. The van der Waals surface area contributed by atoms with Gasteiger partial charge < -0.3 is 20.5 Å². The van der Waals surface area contributed by atoms with Crippen LogP contribution in [0.5, 0.6) is 0 Å². The number of rotatable bonds is 7. The second-order valence-corrected chi connectivity index (χ2v) is 8.03. The van der Waals surface area contributed by atoms with E-state index >= 15 is 0 Å². The number of halogens is 2. The van der Waals surface area contributed by atoms with Crippen LogP contribution >= 0.6 is 0 Å². The van der Waals surface area contributed by atoms with Crippen molar-refractivity contribution < 1.29 is 18.4 Å². The first-order valence-electron chi connectivity index (χ1n) is 10.6. The molecule has 1 atom stereocenters. The van der Waals surface area contributed by atoms with Crippen LogP contribution in [0.2, 0.25) is 0 Å². The van der Waals surface area contributed by atoms with E-state index in [4.69, 9.17) is 0 Å². The van der Waals surface area contributed by atoms with E-state index in [2.05, 4.69) is 25.5 Å². The van der Waals surface area contributed by atoms with E-state index in [9.17, 15) is 18.4 Å². The molecular formula is C23H25F2N5O2. The average molecular weight is 441 g/mol. The van der Waals surface area contributed by atoms with Crippen LogP contribution in [0.3, 0.4) is 0 Å². The van der Waals surface area contributed by atoms with Gasteiger partial charge in [-0.2, -0.15) is 0 Å².